The second-order valence-corrected chi connectivity index (χ2v) is 6.56. The molecule has 2 aliphatic rings. The molecule has 0 saturated carbocycles. The molecule has 4 rings (SSSR count). The Bertz CT molecular complexity index is 497. The van der Waals surface area contributed by atoms with Crippen molar-refractivity contribution in [2.45, 2.75) is 80.4 Å². The fourth-order valence-corrected chi connectivity index (χ4v) is 1.61. The van der Waals surface area contributed by atoms with Gasteiger partial charge in [-0.2, -0.15) is 0 Å². The Kier molecular flexibility index (Phi) is 34.9. The summed E-state index contributed by atoms with van der Waals surface area (Å²) in [6, 6.07) is 21.8. The summed E-state index contributed by atoms with van der Waals surface area (Å²) in [5, 5.41) is 0. The smallest absolute Gasteiger partial charge is 0.119 e. The van der Waals surface area contributed by atoms with E-state index in [9.17, 15) is 0 Å². The van der Waals surface area contributed by atoms with Crippen molar-refractivity contribution in [3.8, 4) is 5.75 Å². The fourth-order valence-electron chi connectivity index (χ4n) is 1.61. The molecule has 0 bridgehead atoms. The molecule has 2 aromatic rings. The van der Waals surface area contributed by atoms with Crippen LogP contribution in [0.1, 0.15) is 68.2 Å². The van der Waals surface area contributed by atoms with Gasteiger partial charge in [-0.15, -0.1) is 0 Å². The van der Waals surface area contributed by atoms with Crippen LogP contribution in [0.4, 0.5) is 0 Å². The quantitative estimate of drug-likeness (QED) is 0.420. The minimum atomic E-state index is 0.343. The zero-order valence-electron chi connectivity index (χ0n) is 22.9. The van der Waals surface area contributed by atoms with Gasteiger partial charge in [0.25, 0.3) is 0 Å². The third kappa shape index (κ3) is 34.9. The molecule has 2 aliphatic heterocycles. The number of ether oxygens (including phenoxy) is 4. The first-order chi connectivity index (χ1) is 16.2. The van der Waals surface area contributed by atoms with Gasteiger partial charge in [-0.05, 0) is 12.1 Å². The molecule has 0 amide bonds. The van der Waals surface area contributed by atoms with Crippen LogP contribution in [0.5, 0.6) is 5.75 Å². The molecule has 33 heavy (non-hydrogen) atoms. The lowest BCUT2D eigenvalue weighted by atomic mass is 10.3. The number of para-hydroxylation sites is 1. The van der Waals surface area contributed by atoms with Crippen LogP contribution < -0.4 is 4.74 Å². The van der Waals surface area contributed by atoms with Gasteiger partial charge in [-0.25, -0.2) is 0 Å². The highest BCUT2D eigenvalue weighted by molar-refractivity contribution is 5.20. The van der Waals surface area contributed by atoms with Crippen LogP contribution in [0.3, 0.4) is 0 Å². The van der Waals surface area contributed by atoms with Gasteiger partial charge in [0.1, 0.15) is 24.6 Å². The predicted molar refractivity (Wildman–Crippen MR) is 144 cm³/mol. The van der Waals surface area contributed by atoms with Gasteiger partial charge in [-0.3, -0.25) is 0 Å². The molecule has 0 radical (unpaired) electrons. The lowest BCUT2D eigenvalue weighted by Crippen LogP contribution is -2.03. The summed E-state index contributed by atoms with van der Waals surface area (Å²) >= 11 is 0. The van der Waals surface area contributed by atoms with Crippen molar-refractivity contribution in [3.05, 3.63) is 66.7 Å². The van der Waals surface area contributed by atoms with Crippen molar-refractivity contribution in [1.82, 2.24) is 0 Å². The molecule has 0 N–H and O–H groups in total. The van der Waals surface area contributed by atoms with Gasteiger partial charge < -0.3 is 18.9 Å². The van der Waals surface area contributed by atoms with E-state index in [0.29, 0.717) is 18.8 Å². The molecule has 2 fully saturated rings. The highest BCUT2D eigenvalue weighted by atomic mass is 16.6. The topological polar surface area (TPSA) is 43.5 Å². The summed E-state index contributed by atoms with van der Waals surface area (Å²) in [4.78, 5) is 0. The van der Waals surface area contributed by atoms with Crippen LogP contribution in [0.2, 0.25) is 0 Å². The van der Waals surface area contributed by atoms with Gasteiger partial charge in [0.15, 0.2) is 0 Å². The number of hydrogen-bond acceptors (Lipinski definition) is 4. The first-order valence-corrected chi connectivity index (χ1v) is 12.6. The second-order valence-electron chi connectivity index (χ2n) is 6.56. The first kappa shape index (κ1) is 35.7. The van der Waals surface area contributed by atoms with E-state index in [-0.39, 0.29) is 0 Å². The Morgan fingerprint density at radius 2 is 0.939 bits per heavy atom. The summed E-state index contributed by atoms with van der Waals surface area (Å²) in [6.07, 6.45) is 3.27. The summed E-state index contributed by atoms with van der Waals surface area (Å²) in [5.41, 5.74) is 0. The van der Waals surface area contributed by atoms with Gasteiger partial charge in [-0.1, -0.05) is 123 Å². The highest BCUT2D eigenvalue weighted by Crippen LogP contribution is 2.13. The van der Waals surface area contributed by atoms with E-state index >= 15 is 0 Å². The van der Waals surface area contributed by atoms with Crippen LogP contribution in [0.25, 0.3) is 0 Å². The minimum Gasteiger partial charge on any atom is -0.491 e. The maximum atomic E-state index is 5.40. The Hall–Kier alpha value is -1.88. The Balaban J connectivity index is -0.000000356. The van der Waals surface area contributed by atoms with Crippen molar-refractivity contribution < 1.29 is 18.9 Å². The van der Waals surface area contributed by atoms with Crippen molar-refractivity contribution >= 4 is 0 Å². The van der Waals surface area contributed by atoms with Crippen LogP contribution in [0, 0.1) is 0 Å². The molecule has 4 heteroatoms. The normalized spacial score (nSPS) is 15.5. The number of epoxide rings is 2. The van der Waals surface area contributed by atoms with E-state index in [4.69, 9.17) is 18.9 Å². The largest absolute Gasteiger partial charge is 0.491 e. The molecular weight excluding hydrogens is 412 g/mol. The van der Waals surface area contributed by atoms with Crippen LogP contribution in [0.15, 0.2) is 66.7 Å². The van der Waals surface area contributed by atoms with Crippen LogP contribution >= 0.6 is 0 Å². The highest BCUT2D eigenvalue weighted by Gasteiger charge is 2.22. The van der Waals surface area contributed by atoms with E-state index < -0.39 is 0 Å². The monoisotopic (exact) mass is 464 g/mol. The Morgan fingerprint density at radius 1 is 0.636 bits per heavy atom. The van der Waals surface area contributed by atoms with E-state index in [1.54, 1.807) is 7.11 Å². The van der Waals surface area contributed by atoms with Crippen molar-refractivity contribution in [2.24, 2.45) is 0 Å². The zero-order chi connectivity index (χ0) is 25.6. The van der Waals surface area contributed by atoms with E-state index in [2.05, 4.69) is 27.7 Å². The Labute approximate surface area is 205 Å². The average Bonchev–Trinajstić information content (AvgIpc) is 3.81. The van der Waals surface area contributed by atoms with Gasteiger partial charge >= 0.3 is 0 Å². The summed E-state index contributed by atoms with van der Waals surface area (Å²) in [7, 11) is 1.68. The number of rotatable bonds is 5. The van der Waals surface area contributed by atoms with Gasteiger partial charge in [0, 0.05) is 7.11 Å². The number of methoxy groups -OCH3 is 1. The molecule has 0 spiro atoms. The van der Waals surface area contributed by atoms with Crippen LogP contribution in [-0.4, -0.2) is 45.7 Å². The second kappa shape index (κ2) is 32.3. The zero-order valence-corrected chi connectivity index (χ0v) is 22.9. The molecule has 2 saturated heterocycles. The Morgan fingerprint density at radius 3 is 1.21 bits per heavy atom. The lowest BCUT2D eigenvalue weighted by molar-refractivity contribution is 0.171. The average molecular weight is 465 g/mol. The van der Waals surface area contributed by atoms with Crippen molar-refractivity contribution in [1.29, 1.82) is 0 Å². The number of benzene rings is 2. The third-order valence-electron chi connectivity index (χ3n) is 3.00. The maximum Gasteiger partial charge on any atom is 0.119 e. The molecule has 4 nitrogen and oxygen atoms in total. The maximum absolute atomic E-state index is 5.40. The first-order valence-electron chi connectivity index (χ1n) is 12.6. The summed E-state index contributed by atoms with van der Waals surface area (Å²) < 4.78 is 20.0. The molecule has 0 aromatic heterocycles. The number of hydrogen-bond donors (Lipinski definition) is 0. The van der Waals surface area contributed by atoms with E-state index in [1.165, 1.54) is 12.8 Å². The molecule has 2 atom stereocenters. The lowest BCUT2D eigenvalue weighted by Gasteiger charge is -2.01. The molecule has 2 heterocycles. The summed E-state index contributed by atoms with van der Waals surface area (Å²) in [5.74, 6) is 0.919. The van der Waals surface area contributed by atoms with Gasteiger partial charge in [0.05, 0.1) is 19.8 Å². The minimum absolute atomic E-state index is 0.343. The van der Waals surface area contributed by atoms with Crippen molar-refractivity contribution in [2.75, 3.05) is 33.5 Å². The standard InChI is InChI=1S/C9H10O2.C6H6.C4H8O2.2C3H8.2C2H6/c1-2-4-8(5-3-1)10-6-9-7-11-9;1-2-4-6-5-3-1;1-5-2-4-3-6-4;2*1-3-2;2*1-2/h1-5,9H,6-7H2;1-6H;4H,2-3H2,1H3;2*3H2,1-2H3;2*1-2H3. The fraction of sp³-hybridized carbons (Fsp3) is 0.586. The summed E-state index contributed by atoms with van der Waals surface area (Å²) in [6.45, 7) is 19.7. The van der Waals surface area contributed by atoms with Crippen LogP contribution in [-0.2, 0) is 14.2 Å². The third-order valence-corrected chi connectivity index (χ3v) is 3.00. The molecule has 2 unspecified atom stereocenters. The predicted octanol–water partition coefficient (Wildman–Crippen LogP) is 8.07. The molecular formula is C29H52O4. The SMILES string of the molecule is CC.CC.CCC.CCC.COCC1CO1.c1ccc(OCC2CO2)cc1.c1ccccc1. The van der Waals surface area contributed by atoms with E-state index in [1.807, 2.05) is 94.4 Å². The molecule has 192 valence electrons. The van der Waals surface area contributed by atoms with E-state index in [0.717, 1.165) is 25.6 Å². The molecule has 0 aliphatic carbocycles. The van der Waals surface area contributed by atoms with Crippen molar-refractivity contribution in [3.63, 3.8) is 0 Å². The van der Waals surface area contributed by atoms with Gasteiger partial charge in [0.2, 0.25) is 0 Å². The molecule has 2 aromatic carbocycles.